The number of carboxylic acids is 1. The van der Waals surface area contributed by atoms with Crippen LogP contribution in [0.25, 0.3) is 11.0 Å². The van der Waals surface area contributed by atoms with Crippen molar-refractivity contribution >= 4 is 28.3 Å². The van der Waals surface area contributed by atoms with Crippen molar-refractivity contribution in [2.45, 2.75) is 26.8 Å². The normalized spacial score (nSPS) is 12.7. The third-order valence-corrected chi connectivity index (χ3v) is 4.65. The number of thiazole rings is 1. The Morgan fingerprint density at radius 3 is 2.76 bits per heavy atom. The maximum atomic E-state index is 11.1. The van der Waals surface area contributed by atoms with E-state index in [0.29, 0.717) is 11.0 Å². The first-order valence-electron chi connectivity index (χ1n) is 6.49. The summed E-state index contributed by atoms with van der Waals surface area (Å²) in [6, 6.07) is 4.79. The molecule has 0 aliphatic carbocycles. The second-order valence-electron chi connectivity index (χ2n) is 4.90. The summed E-state index contributed by atoms with van der Waals surface area (Å²) >= 11 is 1.62. The van der Waals surface area contributed by atoms with Crippen LogP contribution in [0.5, 0.6) is 0 Å². The van der Waals surface area contributed by atoms with Gasteiger partial charge in [-0.3, -0.25) is 0 Å². The number of aromatic carboxylic acids is 1. The first-order valence-corrected chi connectivity index (χ1v) is 7.31. The van der Waals surface area contributed by atoms with Gasteiger partial charge in [0.15, 0.2) is 0 Å². The number of rotatable bonds is 3. The Balaban J connectivity index is 2.13. The first kappa shape index (κ1) is 13.7. The Hall–Kier alpha value is -2.28. The van der Waals surface area contributed by atoms with E-state index in [1.54, 1.807) is 28.2 Å². The minimum absolute atomic E-state index is 0.0368. The average molecular weight is 302 g/mol. The largest absolute Gasteiger partial charge is 0.478 e. The van der Waals surface area contributed by atoms with Gasteiger partial charge in [-0.15, -0.1) is 16.4 Å². The summed E-state index contributed by atoms with van der Waals surface area (Å²) in [5.74, 6) is -0.956. The van der Waals surface area contributed by atoms with Crippen LogP contribution in [0.3, 0.4) is 0 Å². The number of aromatic nitrogens is 4. The fraction of sp³-hybridized carbons (Fsp3) is 0.286. The number of carboxylic acid groups (broad SMARTS) is 1. The van der Waals surface area contributed by atoms with Crippen LogP contribution in [0.15, 0.2) is 18.2 Å². The van der Waals surface area contributed by atoms with E-state index in [1.807, 2.05) is 20.8 Å². The van der Waals surface area contributed by atoms with E-state index in [4.69, 9.17) is 5.11 Å². The SMILES string of the molecule is Cc1nc(C)c(C(C)n2nnc3ccc(C(=O)O)cc32)s1. The molecule has 0 radical (unpaired) electrons. The molecule has 6 nitrogen and oxygen atoms in total. The minimum atomic E-state index is -0.956. The summed E-state index contributed by atoms with van der Waals surface area (Å²) in [4.78, 5) is 16.7. The van der Waals surface area contributed by atoms with Gasteiger partial charge in [0.2, 0.25) is 0 Å². The molecule has 0 amide bonds. The van der Waals surface area contributed by atoms with Gasteiger partial charge in [-0.05, 0) is 39.0 Å². The molecule has 2 heterocycles. The fourth-order valence-electron chi connectivity index (χ4n) is 2.40. The Morgan fingerprint density at radius 1 is 1.38 bits per heavy atom. The molecule has 0 saturated heterocycles. The van der Waals surface area contributed by atoms with E-state index in [-0.39, 0.29) is 11.6 Å². The molecule has 1 atom stereocenters. The van der Waals surface area contributed by atoms with Crippen molar-refractivity contribution in [2.75, 3.05) is 0 Å². The lowest BCUT2D eigenvalue weighted by atomic mass is 10.2. The van der Waals surface area contributed by atoms with Crippen LogP contribution < -0.4 is 0 Å². The molecule has 108 valence electrons. The van der Waals surface area contributed by atoms with Gasteiger partial charge >= 0.3 is 5.97 Å². The van der Waals surface area contributed by atoms with E-state index in [0.717, 1.165) is 15.6 Å². The molecule has 2 aromatic heterocycles. The van der Waals surface area contributed by atoms with Crippen LogP contribution >= 0.6 is 11.3 Å². The lowest BCUT2D eigenvalue weighted by Gasteiger charge is -2.11. The highest BCUT2D eigenvalue weighted by Gasteiger charge is 2.19. The monoisotopic (exact) mass is 302 g/mol. The molecular weight excluding hydrogens is 288 g/mol. The Bertz CT molecular complexity index is 837. The van der Waals surface area contributed by atoms with Crippen molar-refractivity contribution in [1.29, 1.82) is 0 Å². The lowest BCUT2D eigenvalue weighted by molar-refractivity contribution is 0.0697. The van der Waals surface area contributed by atoms with Gasteiger partial charge in [-0.2, -0.15) is 0 Å². The molecule has 0 bridgehead atoms. The summed E-state index contributed by atoms with van der Waals surface area (Å²) in [5.41, 5.74) is 2.61. The van der Waals surface area contributed by atoms with Gasteiger partial charge < -0.3 is 5.11 Å². The number of nitrogens with zero attached hydrogens (tertiary/aromatic N) is 4. The second kappa shape index (κ2) is 4.92. The quantitative estimate of drug-likeness (QED) is 0.804. The Kier molecular flexibility index (Phi) is 3.21. The summed E-state index contributed by atoms with van der Waals surface area (Å²) in [7, 11) is 0. The number of benzene rings is 1. The van der Waals surface area contributed by atoms with E-state index < -0.39 is 5.97 Å². The predicted molar refractivity (Wildman–Crippen MR) is 79.9 cm³/mol. The zero-order chi connectivity index (χ0) is 15.1. The lowest BCUT2D eigenvalue weighted by Crippen LogP contribution is -2.09. The van der Waals surface area contributed by atoms with Gasteiger partial charge in [-0.25, -0.2) is 14.5 Å². The van der Waals surface area contributed by atoms with Crippen LogP contribution in [0, 0.1) is 13.8 Å². The molecule has 3 aromatic rings. The highest BCUT2D eigenvalue weighted by atomic mass is 32.1. The molecule has 3 rings (SSSR count). The molecule has 1 aromatic carbocycles. The molecule has 0 aliphatic heterocycles. The fourth-order valence-corrected chi connectivity index (χ4v) is 3.37. The van der Waals surface area contributed by atoms with Crippen molar-refractivity contribution in [2.24, 2.45) is 0 Å². The molecule has 0 aliphatic rings. The summed E-state index contributed by atoms with van der Waals surface area (Å²) in [5, 5.41) is 18.4. The number of hydrogen-bond acceptors (Lipinski definition) is 5. The van der Waals surface area contributed by atoms with E-state index in [1.165, 1.54) is 6.07 Å². The standard InChI is InChI=1S/C14H14N4O2S/c1-7-13(21-9(3)15-7)8(2)18-12-6-10(14(19)20)4-5-11(12)16-17-18/h4-6,8H,1-3H3,(H,19,20). The smallest absolute Gasteiger partial charge is 0.335 e. The van der Waals surface area contributed by atoms with Crippen LogP contribution in [0.1, 0.15) is 38.9 Å². The third-order valence-electron chi connectivity index (χ3n) is 3.40. The van der Waals surface area contributed by atoms with E-state index in [2.05, 4.69) is 15.3 Å². The second-order valence-corrected chi connectivity index (χ2v) is 6.14. The summed E-state index contributed by atoms with van der Waals surface area (Å²) in [6.45, 7) is 5.95. The van der Waals surface area contributed by atoms with Crippen LogP contribution in [0.2, 0.25) is 0 Å². The van der Waals surface area contributed by atoms with Gasteiger partial charge in [0.25, 0.3) is 0 Å². The summed E-state index contributed by atoms with van der Waals surface area (Å²) in [6.07, 6.45) is 0. The van der Waals surface area contributed by atoms with Gasteiger partial charge in [0.05, 0.1) is 32.7 Å². The molecule has 1 unspecified atom stereocenters. The maximum Gasteiger partial charge on any atom is 0.335 e. The van der Waals surface area contributed by atoms with Gasteiger partial charge in [-0.1, -0.05) is 5.21 Å². The number of aryl methyl sites for hydroxylation is 2. The molecule has 21 heavy (non-hydrogen) atoms. The number of hydrogen-bond donors (Lipinski definition) is 1. The van der Waals surface area contributed by atoms with Crippen molar-refractivity contribution in [1.82, 2.24) is 20.0 Å². The molecule has 7 heteroatoms. The molecule has 0 saturated carbocycles. The molecular formula is C14H14N4O2S. The number of carbonyl (C=O) groups is 1. The van der Waals surface area contributed by atoms with Crippen molar-refractivity contribution in [3.63, 3.8) is 0 Å². The Labute approximate surface area is 125 Å². The zero-order valence-electron chi connectivity index (χ0n) is 11.9. The van der Waals surface area contributed by atoms with Gasteiger partial charge in [0.1, 0.15) is 5.52 Å². The average Bonchev–Trinajstić information content (AvgIpc) is 3.00. The third kappa shape index (κ3) is 2.29. The first-order chi connectivity index (χ1) is 9.97. The summed E-state index contributed by atoms with van der Waals surface area (Å²) < 4.78 is 1.75. The maximum absolute atomic E-state index is 11.1. The predicted octanol–water partition coefficient (Wildman–Crippen LogP) is 2.81. The van der Waals surface area contributed by atoms with Crippen LogP contribution in [-0.4, -0.2) is 31.1 Å². The van der Waals surface area contributed by atoms with E-state index in [9.17, 15) is 4.79 Å². The van der Waals surface area contributed by atoms with Crippen molar-refractivity contribution in [3.8, 4) is 0 Å². The van der Waals surface area contributed by atoms with Crippen molar-refractivity contribution in [3.05, 3.63) is 39.3 Å². The van der Waals surface area contributed by atoms with Crippen LogP contribution in [-0.2, 0) is 0 Å². The van der Waals surface area contributed by atoms with Gasteiger partial charge in [0, 0.05) is 0 Å². The minimum Gasteiger partial charge on any atom is -0.478 e. The number of fused-ring (bicyclic) bond motifs is 1. The molecule has 1 N–H and O–H groups in total. The Morgan fingerprint density at radius 2 is 2.14 bits per heavy atom. The molecule has 0 fully saturated rings. The zero-order valence-corrected chi connectivity index (χ0v) is 12.7. The van der Waals surface area contributed by atoms with E-state index >= 15 is 0 Å². The van der Waals surface area contributed by atoms with Crippen LogP contribution in [0.4, 0.5) is 0 Å². The van der Waals surface area contributed by atoms with Crippen molar-refractivity contribution < 1.29 is 9.90 Å². The highest BCUT2D eigenvalue weighted by molar-refractivity contribution is 7.11. The topological polar surface area (TPSA) is 80.9 Å². The highest BCUT2D eigenvalue weighted by Crippen LogP contribution is 2.29. The molecule has 0 spiro atoms.